The Morgan fingerprint density at radius 3 is 2.29 bits per heavy atom. The fraction of sp³-hybridized carbons (Fsp3) is 0.529. The lowest BCUT2D eigenvalue weighted by Crippen LogP contribution is -2.52. The van der Waals surface area contributed by atoms with Crippen molar-refractivity contribution in [1.29, 1.82) is 0 Å². The summed E-state index contributed by atoms with van der Waals surface area (Å²) >= 11 is 11.9. The van der Waals surface area contributed by atoms with E-state index in [0.717, 1.165) is 0 Å². The van der Waals surface area contributed by atoms with E-state index in [2.05, 4.69) is 5.32 Å². The number of rotatable bonds is 3. The summed E-state index contributed by atoms with van der Waals surface area (Å²) in [7, 11) is 0. The van der Waals surface area contributed by atoms with Crippen molar-refractivity contribution in [2.45, 2.75) is 20.8 Å². The van der Waals surface area contributed by atoms with Gasteiger partial charge in [0.1, 0.15) is 0 Å². The minimum Gasteiger partial charge on any atom is -0.340 e. The fourth-order valence-electron chi connectivity index (χ4n) is 2.57. The van der Waals surface area contributed by atoms with Crippen LogP contribution in [0.3, 0.4) is 0 Å². The third-order valence-corrected chi connectivity index (χ3v) is 4.42. The van der Waals surface area contributed by atoms with Gasteiger partial charge in [0, 0.05) is 36.6 Å². The maximum absolute atomic E-state index is 12.3. The van der Waals surface area contributed by atoms with Gasteiger partial charge in [0.15, 0.2) is 0 Å². The molecule has 0 aliphatic carbocycles. The molecule has 24 heavy (non-hydrogen) atoms. The highest BCUT2D eigenvalue weighted by atomic mass is 35.5. The van der Waals surface area contributed by atoms with E-state index >= 15 is 0 Å². The number of carbonyl (C=O) groups excluding carboxylic acids is 2. The third-order valence-electron chi connectivity index (χ3n) is 3.87. The molecule has 0 saturated carbocycles. The first kappa shape index (κ1) is 19.0. The van der Waals surface area contributed by atoms with Crippen LogP contribution < -0.4 is 5.32 Å². The summed E-state index contributed by atoms with van der Waals surface area (Å²) in [4.78, 5) is 28.3. The van der Waals surface area contributed by atoms with Crippen molar-refractivity contribution in [2.24, 2.45) is 5.41 Å². The number of hydrogen-bond donors (Lipinski definition) is 1. The quantitative estimate of drug-likeness (QED) is 0.887. The van der Waals surface area contributed by atoms with Crippen molar-refractivity contribution in [2.75, 3.05) is 38.0 Å². The predicted molar refractivity (Wildman–Crippen MR) is 97.6 cm³/mol. The Labute approximate surface area is 152 Å². The molecular formula is C17H23Cl2N3O2. The van der Waals surface area contributed by atoms with E-state index in [1.54, 1.807) is 18.2 Å². The Kier molecular flexibility index (Phi) is 6.12. The molecule has 2 rings (SSSR count). The number of piperazine rings is 1. The highest BCUT2D eigenvalue weighted by Crippen LogP contribution is 2.25. The van der Waals surface area contributed by atoms with Crippen molar-refractivity contribution >= 4 is 40.7 Å². The molecule has 0 radical (unpaired) electrons. The van der Waals surface area contributed by atoms with Crippen LogP contribution in [-0.4, -0.2) is 54.3 Å². The molecule has 5 nitrogen and oxygen atoms in total. The van der Waals surface area contributed by atoms with Crippen molar-refractivity contribution in [3.05, 3.63) is 28.2 Å². The van der Waals surface area contributed by atoms with Crippen LogP contribution in [0.4, 0.5) is 5.69 Å². The van der Waals surface area contributed by atoms with E-state index in [4.69, 9.17) is 23.2 Å². The van der Waals surface area contributed by atoms with Crippen molar-refractivity contribution in [1.82, 2.24) is 9.80 Å². The Balaban J connectivity index is 1.83. The molecule has 1 N–H and O–H groups in total. The van der Waals surface area contributed by atoms with Gasteiger partial charge in [-0.05, 0) is 18.2 Å². The summed E-state index contributed by atoms with van der Waals surface area (Å²) < 4.78 is 0. The molecule has 132 valence electrons. The lowest BCUT2D eigenvalue weighted by molar-refractivity contribution is -0.141. The van der Waals surface area contributed by atoms with Crippen molar-refractivity contribution < 1.29 is 9.59 Å². The Morgan fingerprint density at radius 1 is 1.12 bits per heavy atom. The van der Waals surface area contributed by atoms with E-state index < -0.39 is 0 Å². The lowest BCUT2D eigenvalue weighted by Gasteiger charge is -2.37. The molecule has 1 aromatic carbocycles. The Morgan fingerprint density at radius 2 is 1.75 bits per heavy atom. The van der Waals surface area contributed by atoms with Crippen LogP contribution in [0.1, 0.15) is 20.8 Å². The average molecular weight is 372 g/mol. The van der Waals surface area contributed by atoms with E-state index in [-0.39, 0.29) is 23.8 Å². The normalized spacial score (nSPS) is 16.1. The zero-order chi connectivity index (χ0) is 17.9. The zero-order valence-corrected chi connectivity index (χ0v) is 15.7. The van der Waals surface area contributed by atoms with E-state index in [1.807, 2.05) is 30.6 Å². The van der Waals surface area contributed by atoms with Gasteiger partial charge in [0.25, 0.3) is 0 Å². The zero-order valence-electron chi connectivity index (χ0n) is 14.2. The molecule has 1 fully saturated rings. The SMILES string of the molecule is CC(C)(C)C(=O)N1CCN(CC(=O)Nc2ccc(Cl)cc2Cl)CC1. The number of hydrogen-bond acceptors (Lipinski definition) is 3. The van der Waals surface area contributed by atoms with Crippen molar-refractivity contribution in [3.63, 3.8) is 0 Å². The molecule has 1 aromatic rings. The highest BCUT2D eigenvalue weighted by molar-refractivity contribution is 6.36. The van der Waals surface area contributed by atoms with Gasteiger partial charge in [-0.3, -0.25) is 14.5 Å². The maximum atomic E-state index is 12.3. The van der Waals surface area contributed by atoms with Gasteiger partial charge in [-0.2, -0.15) is 0 Å². The number of nitrogens with one attached hydrogen (secondary N) is 1. The van der Waals surface area contributed by atoms with Crippen LogP contribution >= 0.6 is 23.2 Å². The number of carbonyl (C=O) groups is 2. The molecule has 1 saturated heterocycles. The van der Waals surface area contributed by atoms with Crippen LogP contribution in [0.2, 0.25) is 10.0 Å². The monoisotopic (exact) mass is 371 g/mol. The second-order valence-electron chi connectivity index (χ2n) is 6.99. The van der Waals surface area contributed by atoms with Gasteiger partial charge in [0.2, 0.25) is 11.8 Å². The van der Waals surface area contributed by atoms with E-state index in [0.29, 0.717) is 41.9 Å². The molecule has 1 aliphatic heterocycles. The first-order valence-corrected chi connectivity index (χ1v) is 8.69. The molecule has 0 bridgehead atoms. The third kappa shape index (κ3) is 5.10. The average Bonchev–Trinajstić information content (AvgIpc) is 2.49. The largest absolute Gasteiger partial charge is 0.340 e. The topological polar surface area (TPSA) is 52.7 Å². The van der Waals surface area contributed by atoms with E-state index in [1.165, 1.54) is 0 Å². The number of benzene rings is 1. The minimum atomic E-state index is -0.370. The summed E-state index contributed by atoms with van der Waals surface area (Å²) in [6.45, 7) is 8.70. The van der Waals surface area contributed by atoms with Gasteiger partial charge in [0.05, 0.1) is 17.3 Å². The molecule has 2 amide bonds. The van der Waals surface area contributed by atoms with Crippen LogP contribution in [0.25, 0.3) is 0 Å². The van der Waals surface area contributed by atoms with Gasteiger partial charge in [-0.15, -0.1) is 0 Å². The Bertz CT molecular complexity index is 621. The molecular weight excluding hydrogens is 349 g/mol. The van der Waals surface area contributed by atoms with Gasteiger partial charge >= 0.3 is 0 Å². The summed E-state index contributed by atoms with van der Waals surface area (Å²) in [6.07, 6.45) is 0. The number of halogens is 2. The molecule has 1 heterocycles. The first-order valence-electron chi connectivity index (χ1n) is 7.93. The van der Waals surface area contributed by atoms with Gasteiger partial charge in [-0.25, -0.2) is 0 Å². The molecule has 7 heteroatoms. The summed E-state index contributed by atoms with van der Waals surface area (Å²) in [5, 5.41) is 3.73. The molecule has 0 aromatic heterocycles. The van der Waals surface area contributed by atoms with E-state index in [9.17, 15) is 9.59 Å². The van der Waals surface area contributed by atoms with Crippen molar-refractivity contribution in [3.8, 4) is 0 Å². The number of amides is 2. The second-order valence-corrected chi connectivity index (χ2v) is 7.83. The van der Waals surface area contributed by atoms with Crippen LogP contribution in [-0.2, 0) is 9.59 Å². The lowest BCUT2D eigenvalue weighted by atomic mass is 9.94. The van der Waals surface area contributed by atoms with Gasteiger partial charge < -0.3 is 10.2 Å². The van der Waals surface area contributed by atoms with Crippen LogP contribution in [0, 0.1) is 5.41 Å². The van der Waals surface area contributed by atoms with Crippen LogP contribution in [0.15, 0.2) is 18.2 Å². The first-order chi connectivity index (χ1) is 11.2. The molecule has 1 aliphatic rings. The molecule has 0 unspecified atom stereocenters. The fourth-order valence-corrected chi connectivity index (χ4v) is 3.02. The predicted octanol–water partition coefficient (Wildman–Crippen LogP) is 3.12. The Hall–Kier alpha value is -1.30. The number of anilines is 1. The maximum Gasteiger partial charge on any atom is 0.238 e. The minimum absolute atomic E-state index is 0.130. The number of nitrogens with zero attached hydrogens (tertiary/aromatic N) is 2. The summed E-state index contributed by atoms with van der Waals surface area (Å²) in [6, 6.07) is 4.96. The molecule has 0 atom stereocenters. The van der Waals surface area contributed by atoms with Crippen LogP contribution in [0.5, 0.6) is 0 Å². The highest BCUT2D eigenvalue weighted by Gasteiger charge is 2.30. The smallest absolute Gasteiger partial charge is 0.238 e. The second kappa shape index (κ2) is 7.72. The summed E-state index contributed by atoms with van der Waals surface area (Å²) in [5.41, 5.74) is 0.179. The molecule has 0 spiro atoms. The summed E-state index contributed by atoms with van der Waals surface area (Å²) in [5.74, 6) is 0.0226. The standard InChI is InChI=1S/C17H23Cl2N3O2/c1-17(2,3)16(24)22-8-6-21(7-9-22)11-15(23)20-14-5-4-12(18)10-13(14)19/h4-5,10H,6-9,11H2,1-3H3,(H,20,23). The van der Waals surface area contributed by atoms with Gasteiger partial charge in [-0.1, -0.05) is 44.0 Å².